The van der Waals surface area contributed by atoms with Crippen molar-refractivity contribution in [2.75, 3.05) is 3.71 Å². The maximum absolute atomic E-state index is 14.0. The van der Waals surface area contributed by atoms with E-state index in [9.17, 15) is 21.6 Å². The highest BCUT2D eigenvalue weighted by Crippen LogP contribution is 2.35. The first-order valence-corrected chi connectivity index (χ1v) is 14.1. The Bertz CT molecular complexity index is 1620. The van der Waals surface area contributed by atoms with Gasteiger partial charge in [-0.05, 0) is 56.2 Å². The first kappa shape index (κ1) is 24.1. The van der Waals surface area contributed by atoms with E-state index in [2.05, 4.69) is 4.98 Å². The highest BCUT2D eigenvalue weighted by atomic mass is 32.3. The fraction of sp³-hybridized carbons (Fsp3) is 0.167. The Labute approximate surface area is 202 Å². The lowest BCUT2D eigenvalue weighted by Gasteiger charge is -2.26. The summed E-state index contributed by atoms with van der Waals surface area (Å²) in [6, 6.07) is 16.4. The summed E-state index contributed by atoms with van der Waals surface area (Å²) >= 11 is 1.42. The van der Waals surface area contributed by atoms with Gasteiger partial charge >= 0.3 is 0 Å². The van der Waals surface area contributed by atoms with E-state index in [1.807, 2.05) is 6.92 Å². The second-order valence-corrected chi connectivity index (χ2v) is 12.6. The molecule has 0 aliphatic heterocycles. The predicted octanol–water partition coefficient (Wildman–Crippen LogP) is 4.95. The zero-order chi connectivity index (χ0) is 24.7. The van der Waals surface area contributed by atoms with E-state index in [1.54, 1.807) is 31.2 Å². The third-order valence-corrected chi connectivity index (χ3v) is 10.6. The van der Waals surface area contributed by atoms with Crippen molar-refractivity contribution in [3.8, 4) is 0 Å². The molecule has 4 rings (SSSR count). The molecule has 0 N–H and O–H groups in total. The Morgan fingerprint density at radius 1 is 0.912 bits per heavy atom. The van der Waals surface area contributed by atoms with Gasteiger partial charge in [0.25, 0.3) is 20.0 Å². The second kappa shape index (κ2) is 8.94. The topological polar surface area (TPSA) is 101 Å². The Morgan fingerprint density at radius 2 is 1.53 bits per heavy atom. The van der Waals surface area contributed by atoms with Gasteiger partial charge in [-0.25, -0.2) is 4.98 Å². The Morgan fingerprint density at radius 3 is 2.21 bits per heavy atom. The molecular weight excluding hydrogens is 492 g/mol. The van der Waals surface area contributed by atoms with Crippen molar-refractivity contribution < 1.29 is 21.6 Å². The molecule has 1 heterocycles. The molecule has 4 aromatic rings. The van der Waals surface area contributed by atoms with Crippen molar-refractivity contribution in [1.29, 1.82) is 0 Å². The molecule has 0 spiro atoms. The summed E-state index contributed by atoms with van der Waals surface area (Å²) in [4.78, 5) is 16.1. The zero-order valence-corrected chi connectivity index (χ0v) is 21.2. The number of carbonyl (C=O) groups excluding carboxylic acids is 1. The third-order valence-electron chi connectivity index (χ3n) is 5.30. The first-order chi connectivity index (χ1) is 16.1. The molecule has 176 valence electrons. The smallest absolute Gasteiger partial charge is 0.278 e. The minimum absolute atomic E-state index is 0.0814. The summed E-state index contributed by atoms with van der Waals surface area (Å²) in [5.41, 5.74) is 0.797. The normalized spacial score (nSPS) is 12.1. The first-order valence-electron chi connectivity index (χ1n) is 10.4. The van der Waals surface area contributed by atoms with Crippen LogP contribution in [0.3, 0.4) is 0 Å². The quantitative estimate of drug-likeness (QED) is 0.323. The van der Waals surface area contributed by atoms with Gasteiger partial charge in [0, 0.05) is 5.56 Å². The largest absolute Gasteiger partial charge is 0.294 e. The van der Waals surface area contributed by atoms with Crippen LogP contribution in [0.25, 0.3) is 10.2 Å². The number of rotatable bonds is 7. The van der Waals surface area contributed by atoms with Gasteiger partial charge < -0.3 is 0 Å². The van der Waals surface area contributed by atoms with Crippen LogP contribution in [0.15, 0.2) is 76.5 Å². The molecule has 0 radical (unpaired) electrons. The molecule has 10 heteroatoms. The van der Waals surface area contributed by atoms with Gasteiger partial charge in [0.1, 0.15) is 0 Å². The van der Waals surface area contributed by atoms with Crippen LogP contribution in [0, 0.1) is 6.92 Å². The van der Waals surface area contributed by atoms with Crippen LogP contribution in [0.4, 0.5) is 5.69 Å². The monoisotopic (exact) mass is 514 g/mol. The van der Waals surface area contributed by atoms with Crippen LogP contribution in [0.5, 0.6) is 0 Å². The molecule has 0 fully saturated rings. The molecule has 0 aliphatic carbocycles. The molecule has 0 aliphatic rings. The summed E-state index contributed by atoms with van der Waals surface area (Å²) < 4.78 is 57.2. The van der Waals surface area contributed by atoms with Crippen molar-refractivity contribution in [3.05, 3.63) is 82.9 Å². The van der Waals surface area contributed by atoms with Crippen molar-refractivity contribution >= 4 is 53.1 Å². The number of carbonyl (C=O) groups is 1. The minimum Gasteiger partial charge on any atom is -0.294 e. The van der Waals surface area contributed by atoms with Gasteiger partial charge in [-0.1, -0.05) is 43.3 Å². The van der Waals surface area contributed by atoms with Crippen molar-refractivity contribution in [3.63, 3.8) is 0 Å². The average molecular weight is 515 g/mol. The number of fused-ring (bicyclic) bond motifs is 1. The maximum Gasteiger partial charge on any atom is 0.278 e. The Balaban J connectivity index is 2.05. The molecule has 34 heavy (non-hydrogen) atoms. The number of thiazole rings is 1. The lowest BCUT2D eigenvalue weighted by atomic mass is 10.1. The number of hydrogen-bond acceptors (Lipinski definition) is 7. The summed E-state index contributed by atoms with van der Waals surface area (Å²) in [6.07, 6.45) is 0.387. The van der Waals surface area contributed by atoms with Gasteiger partial charge in [-0.3, -0.25) is 4.79 Å². The highest BCUT2D eigenvalue weighted by Gasteiger charge is 2.39. The number of aryl methyl sites for hydroxylation is 2. The van der Waals surface area contributed by atoms with E-state index < -0.39 is 25.8 Å². The van der Waals surface area contributed by atoms with Crippen LogP contribution >= 0.6 is 11.3 Å². The number of ketones is 1. The van der Waals surface area contributed by atoms with Gasteiger partial charge in [0.05, 0.1) is 30.7 Å². The van der Waals surface area contributed by atoms with Crippen LogP contribution in [-0.4, -0.2) is 27.6 Å². The second-order valence-electron chi connectivity index (χ2n) is 7.61. The van der Waals surface area contributed by atoms with E-state index in [-0.39, 0.29) is 21.0 Å². The summed E-state index contributed by atoms with van der Waals surface area (Å²) in [6.45, 7) is 4.85. The van der Waals surface area contributed by atoms with Crippen LogP contribution in [0.1, 0.15) is 34.8 Å². The van der Waals surface area contributed by atoms with E-state index in [1.165, 1.54) is 60.7 Å². The lowest BCUT2D eigenvalue weighted by molar-refractivity contribution is 0.101. The number of nitrogens with zero attached hydrogens (tertiary/aromatic N) is 2. The molecule has 3 aromatic carbocycles. The highest BCUT2D eigenvalue weighted by molar-refractivity contribution is 8.10. The summed E-state index contributed by atoms with van der Waals surface area (Å²) in [5.74, 6) is -0.490. The van der Waals surface area contributed by atoms with Crippen molar-refractivity contribution in [2.24, 2.45) is 0 Å². The molecule has 1 aromatic heterocycles. The molecule has 0 atom stereocenters. The third kappa shape index (κ3) is 4.13. The van der Waals surface area contributed by atoms with Gasteiger partial charge in [0.15, 0.2) is 5.78 Å². The molecule has 0 saturated heterocycles. The average Bonchev–Trinajstić information content (AvgIpc) is 3.18. The SMILES string of the molecule is CCc1ccccc1S(=O)(=O)N(c1ccc2sc(C)nc2c1)S(=O)(=O)c1ccccc1C(C)=O. The molecule has 0 bridgehead atoms. The lowest BCUT2D eigenvalue weighted by Crippen LogP contribution is -2.38. The molecule has 0 saturated carbocycles. The predicted molar refractivity (Wildman–Crippen MR) is 133 cm³/mol. The summed E-state index contributed by atoms with van der Waals surface area (Å²) in [5, 5.41) is 0.766. The van der Waals surface area contributed by atoms with E-state index >= 15 is 0 Å². The van der Waals surface area contributed by atoms with E-state index in [0.717, 1.165) is 9.71 Å². The van der Waals surface area contributed by atoms with Gasteiger partial charge in [-0.15, -0.1) is 11.3 Å². The summed E-state index contributed by atoms with van der Waals surface area (Å²) in [7, 11) is -9.32. The van der Waals surface area contributed by atoms with Crippen molar-refractivity contribution in [2.45, 2.75) is 37.0 Å². The van der Waals surface area contributed by atoms with Crippen LogP contribution in [-0.2, 0) is 26.5 Å². The fourth-order valence-electron chi connectivity index (χ4n) is 3.76. The fourth-order valence-corrected chi connectivity index (χ4v) is 8.76. The number of anilines is 1. The number of benzene rings is 3. The minimum atomic E-state index is -4.72. The standard InChI is InChI=1S/C24H22N2O5S3/c1-4-18-9-5-7-11-23(18)33(28,29)26(19-13-14-22-21(15-19)25-17(3)32-22)34(30,31)24-12-8-6-10-20(24)16(2)27/h5-15H,4H2,1-3H3. The van der Waals surface area contributed by atoms with Gasteiger partial charge in [0.2, 0.25) is 0 Å². The zero-order valence-electron chi connectivity index (χ0n) is 18.7. The molecular formula is C24H22N2O5S3. The van der Waals surface area contributed by atoms with Crippen LogP contribution in [0.2, 0.25) is 0 Å². The Kier molecular flexibility index (Phi) is 6.32. The Hall–Kier alpha value is -3.08. The molecule has 7 nitrogen and oxygen atoms in total. The van der Waals surface area contributed by atoms with E-state index in [0.29, 0.717) is 21.2 Å². The van der Waals surface area contributed by atoms with Gasteiger partial charge in [-0.2, -0.15) is 20.5 Å². The number of aromatic nitrogens is 1. The number of sulfonamides is 2. The number of Topliss-reactive ketones (excluding diaryl/α,β-unsaturated/α-hetero) is 1. The van der Waals surface area contributed by atoms with Crippen molar-refractivity contribution in [1.82, 2.24) is 4.98 Å². The van der Waals surface area contributed by atoms with E-state index in [4.69, 9.17) is 0 Å². The molecule has 0 amide bonds. The maximum atomic E-state index is 14.0. The number of hydrogen-bond donors (Lipinski definition) is 0. The molecule has 0 unspecified atom stereocenters. The van der Waals surface area contributed by atoms with Crippen LogP contribution < -0.4 is 3.71 Å².